The zero-order valence-electron chi connectivity index (χ0n) is 16.5. The van der Waals surface area contributed by atoms with Gasteiger partial charge in [0.25, 0.3) is 0 Å². The number of halogens is 1. The summed E-state index contributed by atoms with van der Waals surface area (Å²) in [4.78, 5) is 21.1. The summed E-state index contributed by atoms with van der Waals surface area (Å²) >= 11 is 0. The van der Waals surface area contributed by atoms with Crippen LogP contribution in [0, 0.1) is 0 Å². The lowest BCUT2D eigenvalue weighted by Gasteiger charge is -2.27. The van der Waals surface area contributed by atoms with Crippen molar-refractivity contribution in [2.45, 2.75) is 39.2 Å². The van der Waals surface area contributed by atoms with E-state index in [1.165, 1.54) is 23.2 Å². The predicted octanol–water partition coefficient (Wildman–Crippen LogP) is 2.36. The minimum absolute atomic E-state index is 0. The number of hydrogen-bond acceptors (Lipinski definition) is 3. The maximum atomic E-state index is 12.2. The van der Waals surface area contributed by atoms with Crippen LogP contribution in [0.2, 0.25) is 0 Å². The number of carbonyl (C=O) groups excluding carboxylic acids is 1. The lowest BCUT2D eigenvalue weighted by atomic mass is 10.00. The van der Waals surface area contributed by atoms with Gasteiger partial charge in [-0.3, -0.25) is 4.79 Å². The number of aryl methyl sites for hydroxylation is 1. The third kappa shape index (κ3) is 5.99. The van der Waals surface area contributed by atoms with Crippen LogP contribution in [0.3, 0.4) is 0 Å². The molecule has 0 unspecified atom stereocenters. The molecule has 1 aromatic rings. The van der Waals surface area contributed by atoms with Crippen LogP contribution in [0.4, 0.5) is 5.69 Å². The van der Waals surface area contributed by atoms with Gasteiger partial charge in [-0.25, -0.2) is 4.99 Å². The largest absolute Gasteiger partial charge is 0.374 e. The van der Waals surface area contributed by atoms with Gasteiger partial charge in [0, 0.05) is 38.9 Å². The van der Waals surface area contributed by atoms with Crippen LogP contribution in [0.15, 0.2) is 23.2 Å². The van der Waals surface area contributed by atoms with Gasteiger partial charge in [-0.2, -0.15) is 0 Å². The molecule has 2 N–H and O–H groups in total. The predicted molar refractivity (Wildman–Crippen MR) is 122 cm³/mol. The highest BCUT2D eigenvalue weighted by molar-refractivity contribution is 14.0. The second-order valence-corrected chi connectivity index (χ2v) is 7.12. The Morgan fingerprint density at radius 1 is 1.15 bits per heavy atom. The summed E-state index contributed by atoms with van der Waals surface area (Å²) in [6.07, 6.45) is 4.58. The molecule has 0 atom stereocenters. The number of amides is 1. The molecule has 0 saturated carbocycles. The van der Waals surface area contributed by atoms with Gasteiger partial charge < -0.3 is 20.4 Å². The Labute approximate surface area is 179 Å². The molecule has 2 aliphatic heterocycles. The van der Waals surface area contributed by atoms with Crippen molar-refractivity contribution in [3.63, 3.8) is 0 Å². The number of guanidine groups is 1. The Kier molecular flexibility index (Phi) is 8.66. The van der Waals surface area contributed by atoms with Crippen molar-refractivity contribution in [2.24, 2.45) is 4.99 Å². The molecule has 0 bridgehead atoms. The Hall–Kier alpha value is -1.51. The van der Waals surface area contributed by atoms with Gasteiger partial charge in [-0.1, -0.05) is 12.1 Å². The first kappa shape index (κ1) is 21.8. The van der Waals surface area contributed by atoms with Crippen molar-refractivity contribution in [3.8, 4) is 0 Å². The third-order valence-corrected chi connectivity index (χ3v) is 5.12. The molecule has 6 nitrogen and oxygen atoms in total. The first-order valence-corrected chi connectivity index (χ1v) is 9.80. The lowest BCUT2D eigenvalue weighted by Crippen LogP contribution is -2.44. The zero-order valence-corrected chi connectivity index (χ0v) is 18.8. The van der Waals surface area contributed by atoms with Crippen molar-refractivity contribution in [2.75, 3.05) is 44.7 Å². The van der Waals surface area contributed by atoms with E-state index >= 15 is 0 Å². The second-order valence-electron chi connectivity index (χ2n) is 7.12. The summed E-state index contributed by atoms with van der Waals surface area (Å²) in [5, 5.41) is 6.40. The monoisotopic (exact) mass is 485 g/mol. The Balaban J connectivity index is 0.00000261. The van der Waals surface area contributed by atoms with Crippen LogP contribution >= 0.6 is 24.0 Å². The minimum atomic E-state index is 0. The fourth-order valence-electron chi connectivity index (χ4n) is 3.69. The molecule has 3 rings (SSSR count). The molecule has 1 amide bonds. The van der Waals surface area contributed by atoms with Crippen LogP contribution in [0.1, 0.15) is 37.3 Å². The lowest BCUT2D eigenvalue weighted by molar-refractivity contribution is -0.128. The number of carbonyl (C=O) groups is 1. The van der Waals surface area contributed by atoms with Gasteiger partial charge in [0.05, 0.1) is 13.1 Å². The zero-order chi connectivity index (χ0) is 18.4. The van der Waals surface area contributed by atoms with Crippen molar-refractivity contribution >= 4 is 41.5 Å². The topological polar surface area (TPSA) is 60.0 Å². The quantitative estimate of drug-likeness (QED) is 0.382. The van der Waals surface area contributed by atoms with Crippen molar-refractivity contribution in [1.29, 1.82) is 0 Å². The van der Waals surface area contributed by atoms with Crippen LogP contribution in [0.25, 0.3) is 0 Å². The van der Waals surface area contributed by atoms with Gasteiger partial charge in [-0.15, -0.1) is 24.0 Å². The summed E-state index contributed by atoms with van der Waals surface area (Å²) < 4.78 is 0. The minimum Gasteiger partial charge on any atom is -0.374 e. The molecule has 27 heavy (non-hydrogen) atoms. The molecule has 7 heteroatoms. The number of aliphatic imine (C=N–C) groups is 1. The number of benzene rings is 1. The highest BCUT2D eigenvalue weighted by atomic mass is 127. The number of likely N-dealkylation sites (tertiary alicyclic amines) is 1. The molecular weight excluding hydrogens is 453 g/mol. The number of nitrogens with one attached hydrogen (secondary N) is 2. The maximum absolute atomic E-state index is 12.2. The van der Waals surface area contributed by atoms with E-state index in [2.05, 4.69) is 45.8 Å². The summed E-state index contributed by atoms with van der Waals surface area (Å²) in [6.45, 7) is 6.64. The van der Waals surface area contributed by atoms with Crippen LogP contribution in [-0.2, 0) is 17.8 Å². The van der Waals surface area contributed by atoms with Crippen molar-refractivity contribution in [1.82, 2.24) is 15.5 Å². The Bertz CT molecular complexity index is 658. The number of nitrogens with zero attached hydrogens (tertiary/aromatic N) is 3. The van der Waals surface area contributed by atoms with Crippen LogP contribution < -0.4 is 15.5 Å². The van der Waals surface area contributed by atoms with E-state index in [4.69, 9.17) is 0 Å². The Morgan fingerprint density at radius 3 is 2.67 bits per heavy atom. The van der Waals surface area contributed by atoms with E-state index in [0.29, 0.717) is 19.0 Å². The first-order valence-electron chi connectivity index (χ1n) is 9.80. The highest BCUT2D eigenvalue weighted by Gasteiger charge is 2.18. The van der Waals surface area contributed by atoms with E-state index < -0.39 is 0 Å². The summed E-state index contributed by atoms with van der Waals surface area (Å²) in [5.74, 6) is 0.861. The standard InChI is InChI=1S/C20H31N5O.HI/c1-3-21-20(23-15-19(26)25-11-4-5-12-25)22-14-16-8-9-18-17(13-16)7-6-10-24(18)2;/h8-9,13H,3-7,10-12,14-15H2,1-2H3,(H2,21,22,23);1H. The summed E-state index contributed by atoms with van der Waals surface area (Å²) in [6, 6.07) is 6.63. The molecule has 0 aliphatic carbocycles. The molecule has 0 spiro atoms. The fraction of sp³-hybridized carbons (Fsp3) is 0.600. The SMILES string of the molecule is CCNC(=NCc1ccc2c(c1)CCCN2C)NCC(=O)N1CCCC1.I. The molecule has 150 valence electrons. The number of anilines is 1. The average Bonchev–Trinajstić information content (AvgIpc) is 3.19. The smallest absolute Gasteiger partial charge is 0.241 e. The van der Waals surface area contributed by atoms with E-state index in [1.54, 1.807) is 0 Å². The molecule has 2 aliphatic rings. The van der Waals surface area contributed by atoms with Gasteiger partial charge in [-0.05, 0) is 49.8 Å². The first-order chi connectivity index (χ1) is 12.7. The number of hydrogen-bond donors (Lipinski definition) is 2. The third-order valence-electron chi connectivity index (χ3n) is 5.12. The van der Waals surface area contributed by atoms with Crippen LogP contribution in [-0.4, -0.2) is 56.5 Å². The molecular formula is C20H32IN5O. The summed E-state index contributed by atoms with van der Waals surface area (Å²) in [7, 11) is 2.15. The van der Waals surface area contributed by atoms with Crippen molar-refractivity contribution < 1.29 is 4.79 Å². The van der Waals surface area contributed by atoms with Crippen molar-refractivity contribution in [3.05, 3.63) is 29.3 Å². The molecule has 1 fully saturated rings. The molecule has 1 saturated heterocycles. The number of fused-ring (bicyclic) bond motifs is 1. The second kappa shape index (κ2) is 10.7. The van der Waals surface area contributed by atoms with Gasteiger partial charge in [0.1, 0.15) is 0 Å². The van der Waals surface area contributed by atoms with E-state index in [-0.39, 0.29) is 29.9 Å². The van der Waals surface area contributed by atoms with E-state index in [1.807, 2.05) is 11.8 Å². The van der Waals surface area contributed by atoms with E-state index in [0.717, 1.165) is 45.4 Å². The van der Waals surface area contributed by atoms with Gasteiger partial charge in [0.15, 0.2) is 5.96 Å². The average molecular weight is 485 g/mol. The molecule has 1 aromatic carbocycles. The number of rotatable bonds is 5. The highest BCUT2D eigenvalue weighted by Crippen LogP contribution is 2.26. The fourth-order valence-corrected chi connectivity index (χ4v) is 3.69. The molecule has 0 radical (unpaired) electrons. The van der Waals surface area contributed by atoms with E-state index in [9.17, 15) is 4.79 Å². The normalized spacial score (nSPS) is 16.6. The van der Waals surface area contributed by atoms with Gasteiger partial charge >= 0.3 is 0 Å². The Morgan fingerprint density at radius 2 is 1.93 bits per heavy atom. The molecule has 0 aromatic heterocycles. The maximum Gasteiger partial charge on any atom is 0.241 e. The molecule has 2 heterocycles. The van der Waals surface area contributed by atoms with Gasteiger partial charge in [0.2, 0.25) is 5.91 Å². The summed E-state index contributed by atoms with van der Waals surface area (Å²) in [5.41, 5.74) is 3.96. The van der Waals surface area contributed by atoms with Crippen LogP contribution in [0.5, 0.6) is 0 Å².